The molecular weight excluding hydrogens is 400 g/mol. The smallest absolute Gasteiger partial charge is 0.260 e. The van der Waals surface area contributed by atoms with Gasteiger partial charge in [-0.2, -0.15) is 0 Å². The Kier molecular flexibility index (Phi) is 7.02. The number of H-pyrrole nitrogens is 1. The zero-order valence-electron chi connectivity index (χ0n) is 18.8. The lowest BCUT2D eigenvalue weighted by molar-refractivity contribution is 0.242. The number of aromatic nitrogens is 3. The van der Waals surface area contributed by atoms with Gasteiger partial charge in [-0.15, -0.1) is 0 Å². The summed E-state index contributed by atoms with van der Waals surface area (Å²) >= 11 is 0. The fourth-order valence-electron chi connectivity index (χ4n) is 4.03. The summed E-state index contributed by atoms with van der Waals surface area (Å²) in [5.74, 6) is 0.839. The molecule has 0 aliphatic rings. The molecule has 0 aliphatic heterocycles. The molecule has 0 unspecified atom stereocenters. The van der Waals surface area contributed by atoms with Crippen molar-refractivity contribution in [2.24, 2.45) is 0 Å². The molecule has 0 spiro atoms. The van der Waals surface area contributed by atoms with Gasteiger partial charge in [-0.3, -0.25) is 4.79 Å². The Morgan fingerprint density at radius 2 is 1.81 bits per heavy atom. The van der Waals surface area contributed by atoms with Crippen LogP contribution < -0.4 is 10.3 Å². The maximum absolute atomic E-state index is 12.6. The van der Waals surface area contributed by atoms with Crippen LogP contribution in [-0.2, 0) is 0 Å². The number of para-hydroxylation sites is 1. The van der Waals surface area contributed by atoms with Gasteiger partial charge in [-0.25, -0.2) is 4.98 Å². The Morgan fingerprint density at radius 3 is 2.53 bits per heavy atom. The third kappa shape index (κ3) is 4.75. The Morgan fingerprint density at radius 1 is 1.03 bits per heavy atom. The van der Waals surface area contributed by atoms with Gasteiger partial charge in [0.1, 0.15) is 5.75 Å². The van der Waals surface area contributed by atoms with Gasteiger partial charge in [0, 0.05) is 24.0 Å². The van der Waals surface area contributed by atoms with Crippen LogP contribution in [0.15, 0.2) is 71.9 Å². The summed E-state index contributed by atoms with van der Waals surface area (Å²) in [6.45, 7) is 8.36. The van der Waals surface area contributed by atoms with Crippen LogP contribution in [0.2, 0.25) is 0 Å². The van der Waals surface area contributed by atoms with E-state index in [0.29, 0.717) is 17.6 Å². The van der Waals surface area contributed by atoms with E-state index in [2.05, 4.69) is 28.7 Å². The molecule has 0 fully saturated rings. The van der Waals surface area contributed by atoms with Crippen molar-refractivity contribution in [1.29, 1.82) is 0 Å². The normalized spacial score (nSPS) is 11.3. The highest BCUT2D eigenvalue weighted by molar-refractivity contribution is 5.94. The quantitative estimate of drug-likeness (QED) is 0.364. The number of hydrogen-bond acceptors (Lipinski definition) is 4. The van der Waals surface area contributed by atoms with E-state index in [0.717, 1.165) is 48.6 Å². The van der Waals surface area contributed by atoms with Gasteiger partial charge in [0.15, 0.2) is 5.65 Å². The highest BCUT2D eigenvalue weighted by atomic mass is 16.5. The molecule has 0 saturated carbocycles. The van der Waals surface area contributed by atoms with Crippen LogP contribution in [0.4, 0.5) is 0 Å². The fourth-order valence-corrected chi connectivity index (χ4v) is 4.03. The SMILES string of the molecule is CCCN(CC)CCCOc1ccc(-c2cn(-c3ccccc3)c3nc[nH]c(=O)c23)cc1. The summed E-state index contributed by atoms with van der Waals surface area (Å²) in [5.41, 5.74) is 3.26. The molecule has 2 aromatic carbocycles. The zero-order valence-corrected chi connectivity index (χ0v) is 18.8. The molecule has 166 valence electrons. The average Bonchev–Trinajstić information content (AvgIpc) is 3.23. The minimum absolute atomic E-state index is 0.146. The number of benzene rings is 2. The van der Waals surface area contributed by atoms with Crippen LogP contribution in [0.3, 0.4) is 0 Å². The van der Waals surface area contributed by atoms with Crippen LogP contribution in [0.5, 0.6) is 5.75 Å². The van der Waals surface area contributed by atoms with Crippen LogP contribution in [-0.4, -0.2) is 45.7 Å². The summed E-state index contributed by atoms with van der Waals surface area (Å²) < 4.78 is 7.90. The summed E-state index contributed by atoms with van der Waals surface area (Å²) in [5, 5.41) is 0.584. The van der Waals surface area contributed by atoms with Crippen LogP contribution in [0, 0.1) is 0 Å². The lowest BCUT2D eigenvalue weighted by Gasteiger charge is -2.19. The number of hydrogen-bond donors (Lipinski definition) is 1. The molecule has 2 aromatic heterocycles. The molecule has 0 saturated heterocycles. The monoisotopic (exact) mass is 430 g/mol. The molecule has 0 atom stereocenters. The second kappa shape index (κ2) is 10.3. The topological polar surface area (TPSA) is 63.1 Å². The Balaban J connectivity index is 1.53. The van der Waals surface area contributed by atoms with E-state index in [1.807, 2.05) is 65.4 Å². The van der Waals surface area contributed by atoms with E-state index in [1.165, 1.54) is 12.7 Å². The number of aromatic amines is 1. The third-order valence-corrected chi connectivity index (χ3v) is 5.66. The first-order valence-electron chi connectivity index (χ1n) is 11.3. The second-order valence-electron chi connectivity index (χ2n) is 7.84. The molecule has 0 bridgehead atoms. The number of rotatable bonds is 10. The van der Waals surface area contributed by atoms with Gasteiger partial charge in [-0.1, -0.05) is 44.2 Å². The van der Waals surface area contributed by atoms with Crippen molar-refractivity contribution < 1.29 is 4.74 Å². The van der Waals surface area contributed by atoms with Crippen molar-refractivity contribution in [2.45, 2.75) is 26.7 Å². The maximum atomic E-state index is 12.6. The first-order chi connectivity index (χ1) is 15.7. The lowest BCUT2D eigenvalue weighted by atomic mass is 10.1. The Hall–Kier alpha value is -3.38. The first kappa shape index (κ1) is 21.8. The lowest BCUT2D eigenvalue weighted by Crippen LogP contribution is -2.26. The molecule has 6 heteroatoms. The molecule has 4 rings (SSSR count). The fraction of sp³-hybridized carbons (Fsp3) is 0.308. The molecule has 1 N–H and O–H groups in total. The zero-order chi connectivity index (χ0) is 22.3. The predicted octanol–water partition coefficient (Wildman–Crippen LogP) is 4.88. The highest BCUT2D eigenvalue weighted by Crippen LogP contribution is 2.30. The molecule has 32 heavy (non-hydrogen) atoms. The Bertz CT molecular complexity index is 1200. The van der Waals surface area contributed by atoms with Gasteiger partial charge >= 0.3 is 0 Å². The van der Waals surface area contributed by atoms with Crippen molar-refractivity contribution in [3.63, 3.8) is 0 Å². The van der Waals surface area contributed by atoms with Gasteiger partial charge in [0.05, 0.1) is 18.3 Å². The summed E-state index contributed by atoms with van der Waals surface area (Å²) in [6.07, 6.45) is 5.60. The molecule has 0 radical (unpaired) electrons. The molecule has 2 heterocycles. The highest BCUT2D eigenvalue weighted by Gasteiger charge is 2.15. The van der Waals surface area contributed by atoms with E-state index in [4.69, 9.17) is 4.74 Å². The maximum Gasteiger partial charge on any atom is 0.260 e. The van der Waals surface area contributed by atoms with Gasteiger partial charge < -0.3 is 19.2 Å². The van der Waals surface area contributed by atoms with E-state index in [1.54, 1.807) is 0 Å². The summed E-state index contributed by atoms with van der Waals surface area (Å²) in [4.78, 5) is 22.2. The van der Waals surface area contributed by atoms with E-state index >= 15 is 0 Å². The minimum atomic E-state index is -0.146. The largest absolute Gasteiger partial charge is 0.494 e. The molecule has 4 aromatic rings. The molecule has 6 nitrogen and oxygen atoms in total. The number of nitrogens with zero attached hydrogens (tertiary/aromatic N) is 3. The number of fused-ring (bicyclic) bond motifs is 1. The minimum Gasteiger partial charge on any atom is -0.494 e. The van der Waals surface area contributed by atoms with Crippen LogP contribution in [0.1, 0.15) is 26.7 Å². The summed E-state index contributed by atoms with van der Waals surface area (Å²) in [7, 11) is 0. The predicted molar refractivity (Wildman–Crippen MR) is 130 cm³/mol. The van der Waals surface area contributed by atoms with Gasteiger partial charge in [-0.05, 0) is 55.8 Å². The van der Waals surface area contributed by atoms with Crippen LogP contribution >= 0.6 is 0 Å². The van der Waals surface area contributed by atoms with E-state index in [-0.39, 0.29) is 5.56 Å². The van der Waals surface area contributed by atoms with Crippen molar-refractivity contribution in [2.75, 3.05) is 26.2 Å². The second-order valence-corrected chi connectivity index (χ2v) is 7.84. The molecular formula is C26H30N4O2. The molecule has 0 aliphatic carbocycles. The molecule has 0 amide bonds. The number of ether oxygens (including phenoxy) is 1. The van der Waals surface area contributed by atoms with Gasteiger partial charge in [0.25, 0.3) is 5.56 Å². The van der Waals surface area contributed by atoms with Crippen molar-refractivity contribution in [3.05, 3.63) is 77.5 Å². The third-order valence-electron chi connectivity index (χ3n) is 5.66. The van der Waals surface area contributed by atoms with Crippen molar-refractivity contribution >= 4 is 11.0 Å². The summed E-state index contributed by atoms with van der Waals surface area (Å²) in [6, 6.07) is 17.9. The Labute approximate surface area is 188 Å². The van der Waals surface area contributed by atoms with Gasteiger partial charge in [0.2, 0.25) is 0 Å². The van der Waals surface area contributed by atoms with E-state index < -0.39 is 0 Å². The first-order valence-corrected chi connectivity index (χ1v) is 11.3. The average molecular weight is 431 g/mol. The standard InChI is InChI=1S/C26H30N4O2/c1-3-15-29(4-2)16-8-17-32-22-13-11-20(12-14-22)23-18-30(21-9-6-5-7-10-21)25-24(23)26(31)28-19-27-25/h5-7,9-14,18-19H,3-4,8,15-17H2,1-2H3,(H,27,28,31). The van der Waals surface area contributed by atoms with Crippen molar-refractivity contribution in [1.82, 2.24) is 19.4 Å². The van der Waals surface area contributed by atoms with E-state index in [9.17, 15) is 4.79 Å². The van der Waals surface area contributed by atoms with Crippen molar-refractivity contribution in [3.8, 4) is 22.6 Å². The van der Waals surface area contributed by atoms with Crippen LogP contribution in [0.25, 0.3) is 27.8 Å². The number of nitrogens with one attached hydrogen (secondary N) is 1.